The van der Waals surface area contributed by atoms with E-state index in [0.717, 1.165) is 102 Å². The smallest absolute Gasteiger partial charge is 0.315 e. The van der Waals surface area contributed by atoms with Gasteiger partial charge in [0.05, 0.1) is 29.3 Å². The summed E-state index contributed by atoms with van der Waals surface area (Å²) in [5.74, 6) is 1.66. The first-order valence-corrected chi connectivity index (χ1v) is 26.3. The Labute approximate surface area is 437 Å². The summed E-state index contributed by atoms with van der Waals surface area (Å²) in [6, 6.07) is 12.7. The van der Waals surface area contributed by atoms with Crippen LogP contribution in [0, 0.1) is 13.8 Å². The molecule has 1 aromatic carbocycles. The van der Waals surface area contributed by atoms with Crippen LogP contribution in [0.15, 0.2) is 53.2 Å². The van der Waals surface area contributed by atoms with E-state index in [9.17, 15) is 14.4 Å². The van der Waals surface area contributed by atoms with E-state index in [1.165, 1.54) is 6.20 Å². The van der Waals surface area contributed by atoms with Crippen molar-refractivity contribution in [2.75, 3.05) is 86.3 Å². The molecule has 390 valence electrons. The molecule has 4 saturated heterocycles. The van der Waals surface area contributed by atoms with Crippen LogP contribution in [0.1, 0.15) is 109 Å². The number of nitrogens with zero attached hydrogens (tertiary/aromatic N) is 13. The van der Waals surface area contributed by atoms with Crippen molar-refractivity contribution >= 4 is 64.4 Å². The summed E-state index contributed by atoms with van der Waals surface area (Å²) >= 11 is 11.9. The summed E-state index contributed by atoms with van der Waals surface area (Å²) in [4.78, 5) is 73.4. The van der Waals surface area contributed by atoms with Crippen molar-refractivity contribution in [3.63, 3.8) is 0 Å². The van der Waals surface area contributed by atoms with Gasteiger partial charge in [0, 0.05) is 106 Å². The Hall–Kier alpha value is -6.22. The second-order valence-corrected chi connectivity index (χ2v) is 20.1. The number of hydrogen-bond acceptors (Lipinski definition) is 17. The number of carbonyl (C=O) groups excluding carboxylic acids is 3. The van der Waals surface area contributed by atoms with Crippen LogP contribution >= 0.6 is 23.2 Å². The predicted molar refractivity (Wildman–Crippen MR) is 283 cm³/mol. The van der Waals surface area contributed by atoms with Crippen LogP contribution in [0.5, 0.6) is 0 Å². The number of amides is 3. The molecule has 5 aromatic rings. The van der Waals surface area contributed by atoms with Crippen molar-refractivity contribution in [2.45, 2.75) is 110 Å². The zero-order valence-electron chi connectivity index (χ0n) is 42.7. The Morgan fingerprint density at radius 3 is 1.97 bits per heavy atom. The summed E-state index contributed by atoms with van der Waals surface area (Å²) in [5, 5.41) is 12.0. The standard InChI is InChI=1S/C28H37ClN8O2.C23H31ClN8O2/c1-5-22-17-36(25-19(4)32-24(15-31-25)26-33-34-28(39-26)30-6-2)18(3)16-37(22)23-11-13-35(14-12-23)27(38)20-7-9-21(29)10-8-20;1-3-15-13-31(22-14(2)28-18(12-27-22)21(26)33)10-11-32(15)16-6-8-30(9-7-16)23(34)17-4-5-19(24)29-20(17)25/h7-10,15,18,22-23H,5-6,11-14,16-17H2,1-4H3,(H,30,34);4-5,12,15-16H,3,6-11,13H2,1-2H3,(H2,25,29)(H2,26,33)/t18-,22+;15-/m10/s1. The predicted octanol–water partition coefficient (Wildman–Crippen LogP) is 6.23. The summed E-state index contributed by atoms with van der Waals surface area (Å²) in [6.45, 7) is 20.6. The van der Waals surface area contributed by atoms with Gasteiger partial charge in [-0.15, -0.1) is 5.10 Å². The SMILES string of the molecule is CCNc1nnc(-c2cnc(N3C[C@H](CC)N(C4CCN(C(=O)c5ccc(Cl)cc5)CC4)C[C@H]3C)c(C)n2)o1.CC[C@H]1CN(c2ncc(C(N)=O)nc2C)CCN1C1CCN(C(=O)c2ccc(Cl)nc2N)CC1. The third-order valence-corrected chi connectivity index (χ3v) is 15.1. The number of piperazine rings is 2. The maximum Gasteiger partial charge on any atom is 0.315 e. The van der Waals surface area contributed by atoms with Gasteiger partial charge in [-0.05, 0) is 103 Å². The highest BCUT2D eigenvalue weighted by atomic mass is 35.5. The maximum atomic E-state index is 13.0. The summed E-state index contributed by atoms with van der Waals surface area (Å²) < 4.78 is 5.65. The first-order chi connectivity index (χ1) is 35.1. The monoisotopic (exact) mass is 1040 g/mol. The number of nitrogens with two attached hydrogens (primary N) is 2. The van der Waals surface area contributed by atoms with Gasteiger partial charge in [0.2, 0.25) is 0 Å². The average Bonchev–Trinajstić information content (AvgIpc) is 3.87. The van der Waals surface area contributed by atoms with E-state index in [1.54, 1.807) is 30.5 Å². The molecule has 8 heterocycles. The molecule has 22 heteroatoms. The van der Waals surface area contributed by atoms with Crippen LogP contribution in [0.4, 0.5) is 23.5 Å². The number of aromatic nitrogens is 7. The number of pyridine rings is 1. The van der Waals surface area contributed by atoms with Crippen LogP contribution in [0.25, 0.3) is 11.6 Å². The summed E-state index contributed by atoms with van der Waals surface area (Å²) in [7, 11) is 0. The maximum absolute atomic E-state index is 13.0. The minimum absolute atomic E-state index is 0.0891. The van der Waals surface area contributed by atoms with Gasteiger partial charge in [0.1, 0.15) is 34.0 Å². The number of anilines is 4. The Morgan fingerprint density at radius 2 is 1.36 bits per heavy atom. The molecule has 4 aromatic heterocycles. The topological polar surface area (TPSA) is 238 Å². The van der Waals surface area contributed by atoms with Crippen molar-refractivity contribution < 1.29 is 18.8 Å². The Morgan fingerprint density at radius 1 is 0.726 bits per heavy atom. The zero-order valence-corrected chi connectivity index (χ0v) is 44.2. The molecule has 0 unspecified atom stereocenters. The fourth-order valence-corrected chi connectivity index (χ4v) is 11.0. The van der Waals surface area contributed by atoms with E-state index >= 15 is 0 Å². The first-order valence-electron chi connectivity index (χ1n) is 25.5. The number of hydrogen-bond donors (Lipinski definition) is 3. The van der Waals surface area contributed by atoms with Crippen molar-refractivity contribution in [2.24, 2.45) is 5.73 Å². The van der Waals surface area contributed by atoms with Gasteiger partial charge >= 0.3 is 6.01 Å². The zero-order chi connectivity index (χ0) is 51.9. The van der Waals surface area contributed by atoms with Crippen molar-refractivity contribution in [3.8, 4) is 11.6 Å². The number of carbonyl (C=O) groups is 3. The molecule has 20 nitrogen and oxygen atoms in total. The largest absolute Gasteiger partial charge is 0.402 e. The lowest BCUT2D eigenvalue weighted by Gasteiger charge is -2.50. The lowest BCUT2D eigenvalue weighted by Crippen LogP contribution is -2.62. The number of nitrogens with one attached hydrogen (secondary N) is 1. The van der Waals surface area contributed by atoms with Crippen LogP contribution in [-0.4, -0.2) is 168 Å². The quantitative estimate of drug-likeness (QED) is 0.117. The van der Waals surface area contributed by atoms with E-state index in [-0.39, 0.29) is 34.5 Å². The number of aryl methyl sites for hydroxylation is 2. The highest BCUT2D eigenvalue weighted by Crippen LogP contribution is 2.32. The Bertz CT molecular complexity index is 2710. The molecule has 0 aliphatic carbocycles. The van der Waals surface area contributed by atoms with Gasteiger partial charge in [0.25, 0.3) is 23.6 Å². The Kier molecular flexibility index (Phi) is 17.3. The number of piperidine rings is 2. The molecule has 5 N–H and O–H groups in total. The average molecular weight is 1040 g/mol. The molecule has 73 heavy (non-hydrogen) atoms. The highest BCUT2D eigenvalue weighted by molar-refractivity contribution is 6.30. The van der Waals surface area contributed by atoms with Gasteiger partial charge in [-0.25, -0.2) is 24.9 Å². The third-order valence-electron chi connectivity index (χ3n) is 14.6. The molecule has 4 aliphatic heterocycles. The number of benzene rings is 1. The van der Waals surface area contributed by atoms with E-state index in [1.807, 2.05) is 42.7 Å². The number of rotatable bonds is 12. The molecule has 0 bridgehead atoms. The van der Waals surface area contributed by atoms with Crippen molar-refractivity contribution in [3.05, 3.63) is 87.2 Å². The minimum atomic E-state index is -0.571. The molecule has 9 rings (SSSR count). The number of primary amides is 1. The van der Waals surface area contributed by atoms with Crippen molar-refractivity contribution in [1.82, 2.24) is 54.7 Å². The van der Waals surface area contributed by atoms with Crippen LogP contribution in [0.3, 0.4) is 0 Å². The second-order valence-electron chi connectivity index (χ2n) is 19.3. The van der Waals surface area contributed by atoms with E-state index < -0.39 is 5.91 Å². The van der Waals surface area contributed by atoms with Gasteiger partial charge in [0.15, 0.2) is 0 Å². The van der Waals surface area contributed by atoms with E-state index in [2.05, 4.69) is 70.8 Å². The molecular formula is C51H68Cl2N16O4. The van der Waals surface area contributed by atoms with Crippen LogP contribution < -0.4 is 26.6 Å². The fourth-order valence-electron chi connectivity index (χ4n) is 10.8. The summed E-state index contributed by atoms with van der Waals surface area (Å²) in [6.07, 6.45) is 9.02. The lowest BCUT2D eigenvalue weighted by molar-refractivity contribution is 0.0434. The van der Waals surface area contributed by atoms with Gasteiger partial charge in [-0.3, -0.25) is 24.2 Å². The third kappa shape index (κ3) is 12.3. The molecule has 0 radical (unpaired) electrons. The molecular weight excluding hydrogens is 972 g/mol. The first kappa shape index (κ1) is 53.1. The molecule has 3 amide bonds. The normalized spacial score (nSPS) is 20.4. The number of halogens is 2. The van der Waals surface area contributed by atoms with Crippen LogP contribution in [0.2, 0.25) is 10.2 Å². The molecule has 0 spiro atoms. The van der Waals surface area contributed by atoms with Crippen LogP contribution in [-0.2, 0) is 0 Å². The highest BCUT2D eigenvalue weighted by Gasteiger charge is 2.39. The molecule has 0 saturated carbocycles. The molecule has 4 aliphatic rings. The van der Waals surface area contributed by atoms with E-state index in [0.29, 0.717) is 83.2 Å². The summed E-state index contributed by atoms with van der Waals surface area (Å²) in [5.41, 5.74) is 14.7. The van der Waals surface area contributed by atoms with Gasteiger partial charge < -0.3 is 40.8 Å². The van der Waals surface area contributed by atoms with Crippen molar-refractivity contribution in [1.29, 1.82) is 0 Å². The van der Waals surface area contributed by atoms with E-state index in [4.69, 9.17) is 49.1 Å². The fraction of sp³-hybridized carbons (Fsp3) is 0.529. The van der Waals surface area contributed by atoms with Gasteiger partial charge in [-0.2, -0.15) is 0 Å². The second kappa shape index (κ2) is 23.8. The lowest BCUT2D eigenvalue weighted by atomic mass is 9.96. The number of likely N-dealkylation sites (tertiary alicyclic amines) is 2. The Balaban J connectivity index is 0.000000197. The molecule has 3 atom stereocenters. The minimum Gasteiger partial charge on any atom is -0.402 e. The number of nitrogen functional groups attached to an aromatic ring is 1. The molecule has 4 fully saturated rings. The van der Waals surface area contributed by atoms with Gasteiger partial charge in [-0.1, -0.05) is 42.1 Å².